The second kappa shape index (κ2) is 5.75. The third-order valence-electron chi connectivity index (χ3n) is 3.58. The topological polar surface area (TPSA) is 94.2 Å². The van der Waals surface area contributed by atoms with Gasteiger partial charge in [0.25, 0.3) is 0 Å². The van der Waals surface area contributed by atoms with Crippen LogP contribution < -0.4 is 10.5 Å². The summed E-state index contributed by atoms with van der Waals surface area (Å²) in [7, 11) is -1.95. The molecule has 9 heteroatoms. The number of anilines is 1. The molecule has 0 aliphatic rings. The highest BCUT2D eigenvalue weighted by atomic mass is 32.2. The summed E-state index contributed by atoms with van der Waals surface area (Å²) in [5.41, 5.74) is 1.36. The third kappa shape index (κ3) is 2.90. The van der Waals surface area contributed by atoms with Crippen LogP contribution in [0.15, 0.2) is 39.8 Å². The SMILES string of the molecule is CCS(=O)(=O)Nc1cncc(-c2cc3c(cc2F)oc(=O)n3C)c1. The number of hydrogen-bond donors (Lipinski definition) is 1. The van der Waals surface area contributed by atoms with Crippen LogP contribution in [0.5, 0.6) is 0 Å². The minimum Gasteiger partial charge on any atom is -0.408 e. The lowest BCUT2D eigenvalue weighted by molar-refractivity contribution is 0.525. The zero-order valence-electron chi connectivity index (χ0n) is 12.9. The lowest BCUT2D eigenvalue weighted by atomic mass is 10.1. The number of pyridine rings is 1. The first kappa shape index (κ1) is 16.2. The van der Waals surface area contributed by atoms with Gasteiger partial charge in [-0.1, -0.05) is 0 Å². The maximum Gasteiger partial charge on any atom is 0.419 e. The number of oxazole rings is 1. The fraction of sp³-hybridized carbons (Fsp3) is 0.200. The van der Waals surface area contributed by atoms with Gasteiger partial charge in [0.1, 0.15) is 5.82 Å². The number of fused-ring (bicyclic) bond motifs is 1. The summed E-state index contributed by atoms with van der Waals surface area (Å²) in [6, 6.07) is 4.06. The van der Waals surface area contributed by atoms with Gasteiger partial charge >= 0.3 is 5.76 Å². The Bertz CT molecular complexity index is 1090. The maximum absolute atomic E-state index is 14.3. The first-order valence-electron chi connectivity index (χ1n) is 7.05. The zero-order valence-corrected chi connectivity index (χ0v) is 13.7. The van der Waals surface area contributed by atoms with E-state index in [0.29, 0.717) is 11.1 Å². The van der Waals surface area contributed by atoms with E-state index < -0.39 is 21.6 Å². The Morgan fingerprint density at radius 3 is 2.75 bits per heavy atom. The Kier molecular flexibility index (Phi) is 3.88. The van der Waals surface area contributed by atoms with Crippen molar-refractivity contribution in [2.24, 2.45) is 7.05 Å². The Hall–Kier alpha value is -2.68. The van der Waals surface area contributed by atoms with Gasteiger partial charge in [-0.25, -0.2) is 17.6 Å². The van der Waals surface area contributed by atoms with Crippen molar-refractivity contribution in [2.45, 2.75) is 6.92 Å². The van der Waals surface area contributed by atoms with Crippen LogP contribution >= 0.6 is 0 Å². The minimum atomic E-state index is -3.46. The summed E-state index contributed by atoms with van der Waals surface area (Å²) in [5, 5.41) is 0. The van der Waals surface area contributed by atoms with Crippen molar-refractivity contribution in [3.63, 3.8) is 0 Å². The highest BCUT2D eigenvalue weighted by Crippen LogP contribution is 2.28. The number of hydrogen-bond acceptors (Lipinski definition) is 5. The van der Waals surface area contributed by atoms with Crippen molar-refractivity contribution < 1.29 is 17.2 Å². The molecule has 1 N–H and O–H groups in total. The normalized spacial score (nSPS) is 11.8. The molecule has 0 saturated carbocycles. The Morgan fingerprint density at radius 1 is 1.29 bits per heavy atom. The van der Waals surface area contributed by atoms with Crippen LogP contribution in [0.1, 0.15) is 6.92 Å². The molecule has 126 valence electrons. The van der Waals surface area contributed by atoms with E-state index >= 15 is 0 Å². The Balaban J connectivity index is 2.12. The molecule has 0 aliphatic carbocycles. The van der Waals surface area contributed by atoms with E-state index in [2.05, 4.69) is 9.71 Å². The summed E-state index contributed by atoms with van der Waals surface area (Å²) < 4.78 is 46.2. The first-order valence-corrected chi connectivity index (χ1v) is 8.71. The van der Waals surface area contributed by atoms with Crippen LogP contribution in [0.2, 0.25) is 0 Å². The molecule has 2 aromatic heterocycles. The van der Waals surface area contributed by atoms with Gasteiger partial charge in [0.05, 0.1) is 23.2 Å². The fourth-order valence-corrected chi connectivity index (χ4v) is 2.88. The monoisotopic (exact) mass is 351 g/mol. The summed E-state index contributed by atoms with van der Waals surface area (Å²) in [6.45, 7) is 1.51. The predicted molar refractivity (Wildman–Crippen MR) is 87.7 cm³/mol. The van der Waals surface area contributed by atoms with Gasteiger partial charge in [0.15, 0.2) is 5.58 Å². The van der Waals surface area contributed by atoms with Gasteiger partial charge in [0.2, 0.25) is 10.0 Å². The van der Waals surface area contributed by atoms with Crippen molar-refractivity contribution in [3.8, 4) is 11.1 Å². The second-order valence-corrected chi connectivity index (χ2v) is 7.21. The van der Waals surface area contributed by atoms with Crippen LogP contribution in [0.25, 0.3) is 22.2 Å². The smallest absolute Gasteiger partial charge is 0.408 e. The molecule has 0 unspecified atom stereocenters. The van der Waals surface area contributed by atoms with Crippen LogP contribution in [-0.4, -0.2) is 23.7 Å². The molecule has 0 amide bonds. The van der Waals surface area contributed by atoms with Crippen LogP contribution in [0.3, 0.4) is 0 Å². The molecule has 0 atom stereocenters. The summed E-state index contributed by atoms with van der Waals surface area (Å²) in [4.78, 5) is 15.5. The summed E-state index contributed by atoms with van der Waals surface area (Å²) in [5.74, 6) is -1.28. The number of nitrogens with zero attached hydrogens (tertiary/aromatic N) is 2. The van der Waals surface area contributed by atoms with Crippen LogP contribution in [-0.2, 0) is 17.1 Å². The van der Waals surface area contributed by atoms with E-state index in [-0.39, 0.29) is 22.6 Å². The molecule has 0 spiro atoms. The number of aryl methyl sites for hydroxylation is 1. The van der Waals surface area contributed by atoms with E-state index in [1.807, 2.05) is 0 Å². The molecule has 3 rings (SSSR count). The minimum absolute atomic E-state index is 0.0886. The van der Waals surface area contributed by atoms with Gasteiger partial charge in [-0.2, -0.15) is 0 Å². The summed E-state index contributed by atoms with van der Waals surface area (Å²) in [6.07, 6.45) is 2.74. The van der Waals surface area contributed by atoms with Gasteiger partial charge in [0, 0.05) is 30.4 Å². The molecule has 0 fully saturated rings. The highest BCUT2D eigenvalue weighted by Gasteiger charge is 2.14. The molecule has 0 radical (unpaired) electrons. The molecular formula is C15H14FN3O4S. The number of rotatable bonds is 4. The van der Waals surface area contributed by atoms with Crippen molar-refractivity contribution in [1.29, 1.82) is 0 Å². The van der Waals surface area contributed by atoms with Crippen molar-refractivity contribution in [1.82, 2.24) is 9.55 Å². The zero-order chi connectivity index (χ0) is 17.5. The van der Waals surface area contributed by atoms with E-state index in [9.17, 15) is 17.6 Å². The van der Waals surface area contributed by atoms with Crippen LogP contribution in [0.4, 0.5) is 10.1 Å². The van der Waals surface area contributed by atoms with Gasteiger partial charge in [-0.05, 0) is 19.1 Å². The standard InChI is InChI=1S/C15H14FN3O4S/c1-3-24(21,22)18-10-4-9(7-17-8-10)11-5-13-14(6-12(11)16)23-15(20)19(13)2/h4-8,18H,3H2,1-2H3. The summed E-state index contributed by atoms with van der Waals surface area (Å²) >= 11 is 0. The van der Waals surface area contributed by atoms with E-state index in [1.54, 1.807) is 0 Å². The number of sulfonamides is 1. The van der Waals surface area contributed by atoms with Gasteiger partial charge in [-0.3, -0.25) is 14.3 Å². The lowest BCUT2D eigenvalue weighted by Crippen LogP contribution is -2.14. The molecule has 7 nitrogen and oxygen atoms in total. The quantitative estimate of drug-likeness (QED) is 0.777. The fourth-order valence-electron chi connectivity index (χ4n) is 2.26. The van der Waals surface area contributed by atoms with E-state index in [4.69, 9.17) is 4.42 Å². The molecule has 0 saturated heterocycles. The molecule has 2 heterocycles. The van der Waals surface area contributed by atoms with E-state index in [1.165, 1.54) is 43.1 Å². The molecule has 0 bridgehead atoms. The average Bonchev–Trinajstić information content (AvgIpc) is 2.80. The van der Waals surface area contributed by atoms with Gasteiger partial charge in [-0.15, -0.1) is 0 Å². The average molecular weight is 351 g/mol. The number of aromatic nitrogens is 2. The predicted octanol–water partition coefficient (Wildman–Crippen LogP) is 2.09. The second-order valence-electron chi connectivity index (χ2n) is 5.19. The maximum atomic E-state index is 14.3. The molecule has 0 aliphatic heterocycles. The number of benzene rings is 1. The van der Waals surface area contributed by atoms with Crippen molar-refractivity contribution >= 4 is 26.8 Å². The highest BCUT2D eigenvalue weighted by molar-refractivity contribution is 7.92. The van der Waals surface area contributed by atoms with Crippen LogP contribution in [0, 0.1) is 5.82 Å². The van der Waals surface area contributed by atoms with Crippen molar-refractivity contribution in [3.05, 3.63) is 47.0 Å². The first-order chi connectivity index (χ1) is 11.3. The number of nitrogens with one attached hydrogen (secondary N) is 1. The largest absolute Gasteiger partial charge is 0.419 e. The Morgan fingerprint density at radius 2 is 2.04 bits per heavy atom. The lowest BCUT2D eigenvalue weighted by Gasteiger charge is -2.08. The molecule has 24 heavy (non-hydrogen) atoms. The number of halogens is 1. The molecule has 3 aromatic rings. The third-order valence-corrected chi connectivity index (χ3v) is 4.89. The molecular weight excluding hydrogens is 337 g/mol. The Labute approximate surface area is 136 Å². The van der Waals surface area contributed by atoms with Gasteiger partial charge < -0.3 is 4.42 Å². The van der Waals surface area contributed by atoms with Crippen molar-refractivity contribution in [2.75, 3.05) is 10.5 Å². The molecule has 1 aromatic carbocycles. The van der Waals surface area contributed by atoms with E-state index in [0.717, 1.165) is 6.07 Å².